The van der Waals surface area contributed by atoms with E-state index in [2.05, 4.69) is 15.8 Å². The summed E-state index contributed by atoms with van der Waals surface area (Å²) in [6, 6.07) is 18.9. The lowest BCUT2D eigenvalue weighted by molar-refractivity contribution is 0.0734. The van der Waals surface area contributed by atoms with Gasteiger partial charge in [0.2, 0.25) is 0 Å². The first-order valence-electron chi connectivity index (χ1n) is 9.38. The minimum atomic E-state index is -0.508. The van der Waals surface area contributed by atoms with E-state index < -0.39 is 5.97 Å². The van der Waals surface area contributed by atoms with Gasteiger partial charge in [-0.05, 0) is 78.4 Å². The number of esters is 1. The Morgan fingerprint density at radius 3 is 2.44 bits per heavy atom. The van der Waals surface area contributed by atoms with Crippen molar-refractivity contribution in [3.8, 4) is 17.2 Å². The monoisotopic (exact) mass is 469 g/mol. The van der Waals surface area contributed by atoms with Crippen molar-refractivity contribution in [2.24, 2.45) is 5.10 Å². The van der Waals surface area contributed by atoms with Gasteiger partial charge in [-0.3, -0.25) is 5.43 Å². The fourth-order valence-corrected chi connectivity index (χ4v) is 3.00. The number of nitrogens with zero attached hydrogens (tertiary/aromatic N) is 1. The van der Waals surface area contributed by atoms with Crippen LogP contribution in [0.15, 0.2) is 71.8 Å². The van der Waals surface area contributed by atoms with Crippen molar-refractivity contribution < 1.29 is 19.0 Å². The second kappa shape index (κ2) is 11.1. The van der Waals surface area contributed by atoms with Crippen LogP contribution in [0.3, 0.4) is 0 Å². The van der Waals surface area contributed by atoms with Gasteiger partial charge in [0.15, 0.2) is 16.6 Å². The maximum absolute atomic E-state index is 12.4. The van der Waals surface area contributed by atoms with Gasteiger partial charge in [-0.1, -0.05) is 17.7 Å². The predicted octanol–water partition coefficient (Wildman–Crippen LogP) is 4.90. The van der Waals surface area contributed by atoms with E-state index in [0.29, 0.717) is 32.9 Å². The molecule has 0 aromatic heterocycles. The summed E-state index contributed by atoms with van der Waals surface area (Å²) in [4.78, 5) is 12.4. The molecule has 0 heterocycles. The fourth-order valence-electron chi connectivity index (χ4n) is 2.64. The van der Waals surface area contributed by atoms with Gasteiger partial charge < -0.3 is 19.5 Å². The van der Waals surface area contributed by atoms with Crippen molar-refractivity contribution in [1.29, 1.82) is 0 Å². The van der Waals surface area contributed by atoms with Crippen molar-refractivity contribution in [1.82, 2.24) is 5.43 Å². The van der Waals surface area contributed by atoms with Crippen LogP contribution in [0.5, 0.6) is 17.2 Å². The number of carbonyl (C=O) groups excluding carboxylic acids is 1. The predicted molar refractivity (Wildman–Crippen MR) is 129 cm³/mol. The molecular weight excluding hydrogens is 450 g/mol. The number of thiocarbonyl (C=S) groups is 1. The highest BCUT2D eigenvalue weighted by Gasteiger charge is 2.12. The maximum Gasteiger partial charge on any atom is 0.343 e. The number of halogens is 1. The summed E-state index contributed by atoms with van der Waals surface area (Å²) in [7, 11) is 3.03. The van der Waals surface area contributed by atoms with Gasteiger partial charge in [0, 0.05) is 10.7 Å². The zero-order chi connectivity index (χ0) is 22.9. The summed E-state index contributed by atoms with van der Waals surface area (Å²) in [6.45, 7) is 0. The number of rotatable bonds is 7. The van der Waals surface area contributed by atoms with E-state index in [1.54, 1.807) is 60.8 Å². The number of ether oxygens (including phenoxy) is 3. The van der Waals surface area contributed by atoms with Crippen LogP contribution in [0.1, 0.15) is 15.9 Å². The third-order valence-electron chi connectivity index (χ3n) is 4.17. The minimum Gasteiger partial charge on any atom is -0.493 e. The minimum absolute atomic E-state index is 0.323. The Kier molecular flexibility index (Phi) is 8.02. The first-order valence-corrected chi connectivity index (χ1v) is 10.2. The average molecular weight is 470 g/mol. The number of nitrogens with one attached hydrogen (secondary N) is 2. The second-order valence-electron chi connectivity index (χ2n) is 6.36. The van der Waals surface area contributed by atoms with Crippen molar-refractivity contribution in [2.75, 3.05) is 19.5 Å². The summed E-state index contributed by atoms with van der Waals surface area (Å²) in [5, 5.41) is 7.99. The highest BCUT2D eigenvalue weighted by Crippen LogP contribution is 2.28. The molecule has 0 aliphatic carbocycles. The standard InChI is InChI=1S/C23H20ClN3O4S/c1-29-20-11-8-16(12-21(20)30-2)22(28)31-19-9-6-15(7-10-19)14-25-27-23(32)26-18-5-3-4-17(24)13-18/h3-14H,1-2H3,(H2,26,27,32)/b25-14+. The zero-order valence-electron chi connectivity index (χ0n) is 17.3. The highest BCUT2D eigenvalue weighted by atomic mass is 35.5. The topological polar surface area (TPSA) is 81.2 Å². The molecule has 3 rings (SSSR count). The fraction of sp³-hybridized carbons (Fsp3) is 0.0870. The van der Waals surface area contributed by atoms with Crippen LogP contribution in [-0.2, 0) is 0 Å². The second-order valence-corrected chi connectivity index (χ2v) is 7.21. The molecule has 32 heavy (non-hydrogen) atoms. The number of anilines is 1. The Morgan fingerprint density at radius 1 is 1.00 bits per heavy atom. The lowest BCUT2D eigenvalue weighted by Gasteiger charge is -2.09. The molecule has 3 aromatic carbocycles. The summed E-state index contributed by atoms with van der Waals surface area (Å²) in [6.07, 6.45) is 1.59. The molecule has 0 aliphatic heterocycles. The van der Waals surface area contributed by atoms with Crippen LogP contribution < -0.4 is 25.0 Å². The number of methoxy groups -OCH3 is 2. The van der Waals surface area contributed by atoms with Gasteiger partial charge in [-0.15, -0.1) is 0 Å². The van der Waals surface area contributed by atoms with E-state index in [1.165, 1.54) is 14.2 Å². The summed E-state index contributed by atoms with van der Waals surface area (Å²) >= 11 is 11.1. The molecule has 0 fully saturated rings. The van der Waals surface area contributed by atoms with Crippen LogP contribution in [0, 0.1) is 0 Å². The number of hydrogen-bond donors (Lipinski definition) is 2. The SMILES string of the molecule is COc1ccc(C(=O)Oc2ccc(/C=N/NC(=S)Nc3cccc(Cl)c3)cc2)cc1OC. The van der Waals surface area contributed by atoms with E-state index in [-0.39, 0.29) is 0 Å². The lowest BCUT2D eigenvalue weighted by atomic mass is 10.2. The number of hydrazone groups is 1. The molecule has 0 atom stereocenters. The summed E-state index contributed by atoms with van der Waals surface area (Å²) in [5.41, 5.74) is 4.61. The van der Waals surface area contributed by atoms with Crippen LogP contribution in [-0.4, -0.2) is 31.5 Å². The number of benzene rings is 3. The molecule has 0 unspecified atom stereocenters. The zero-order valence-corrected chi connectivity index (χ0v) is 18.9. The Morgan fingerprint density at radius 2 is 1.75 bits per heavy atom. The van der Waals surface area contributed by atoms with Gasteiger partial charge in [-0.25, -0.2) is 4.79 Å². The molecule has 0 saturated heterocycles. The highest BCUT2D eigenvalue weighted by molar-refractivity contribution is 7.80. The average Bonchev–Trinajstić information content (AvgIpc) is 2.79. The Labute approximate surface area is 195 Å². The summed E-state index contributed by atoms with van der Waals surface area (Å²) in [5.74, 6) is 0.867. The summed E-state index contributed by atoms with van der Waals surface area (Å²) < 4.78 is 15.8. The Balaban J connectivity index is 1.54. The van der Waals surface area contributed by atoms with E-state index in [1.807, 2.05) is 12.1 Å². The molecule has 9 heteroatoms. The van der Waals surface area contributed by atoms with E-state index in [4.69, 9.17) is 38.0 Å². The third-order valence-corrected chi connectivity index (χ3v) is 4.60. The first kappa shape index (κ1) is 23.1. The van der Waals surface area contributed by atoms with Crippen LogP contribution in [0.4, 0.5) is 5.69 Å². The smallest absolute Gasteiger partial charge is 0.343 e. The first-order chi connectivity index (χ1) is 15.5. The van der Waals surface area contributed by atoms with Crippen LogP contribution >= 0.6 is 23.8 Å². The Hall–Kier alpha value is -3.62. The maximum atomic E-state index is 12.4. The third kappa shape index (κ3) is 6.44. The van der Waals surface area contributed by atoms with Gasteiger partial charge in [0.05, 0.1) is 26.0 Å². The molecule has 0 spiro atoms. The quantitative estimate of drug-likeness (QED) is 0.167. The van der Waals surface area contributed by atoms with Crippen molar-refractivity contribution in [2.45, 2.75) is 0 Å². The Bertz CT molecular complexity index is 1140. The molecule has 0 radical (unpaired) electrons. The normalized spacial score (nSPS) is 10.5. The number of carbonyl (C=O) groups is 1. The molecule has 7 nitrogen and oxygen atoms in total. The van der Waals surface area contributed by atoms with Gasteiger partial charge >= 0.3 is 5.97 Å². The van der Waals surface area contributed by atoms with Gasteiger partial charge in [0.1, 0.15) is 5.75 Å². The van der Waals surface area contributed by atoms with E-state index in [0.717, 1.165) is 11.3 Å². The molecule has 0 saturated carbocycles. The van der Waals surface area contributed by atoms with Gasteiger partial charge in [-0.2, -0.15) is 5.10 Å². The number of hydrogen-bond acceptors (Lipinski definition) is 6. The molecule has 0 aliphatic rings. The van der Waals surface area contributed by atoms with Crippen LogP contribution in [0.2, 0.25) is 5.02 Å². The lowest BCUT2D eigenvalue weighted by Crippen LogP contribution is -2.23. The van der Waals surface area contributed by atoms with E-state index >= 15 is 0 Å². The molecular formula is C23H20ClN3O4S. The van der Waals surface area contributed by atoms with Crippen LogP contribution in [0.25, 0.3) is 0 Å². The molecule has 3 aromatic rings. The molecule has 0 bridgehead atoms. The van der Waals surface area contributed by atoms with Crippen molar-refractivity contribution in [3.05, 3.63) is 82.9 Å². The van der Waals surface area contributed by atoms with Gasteiger partial charge in [0.25, 0.3) is 0 Å². The molecule has 0 amide bonds. The molecule has 2 N–H and O–H groups in total. The van der Waals surface area contributed by atoms with Crippen molar-refractivity contribution in [3.63, 3.8) is 0 Å². The van der Waals surface area contributed by atoms with Crippen molar-refractivity contribution >= 4 is 46.8 Å². The molecule has 164 valence electrons. The largest absolute Gasteiger partial charge is 0.493 e. The van der Waals surface area contributed by atoms with E-state index in [9.17, 15) is 4.79 Å².